The molecule has 0 radical (unpaired) electrons. The zero-order valence-corrected chi connectivity index (χ0v) is 13.9. The van der Waals surface area contributed by atoms with Gasteiger partial charge in [0.15, 0.2) is 0 Å². The maximum Gasteiger partial charge on any atom is 0.240 e. The highest BCUT2D eigenvalue weighted by Gasteiger charge is 2.26. The van der Waals surface area contributed by atoms with Gasteiger partial charge in [0.2, 0.25) is 15.9 Å². The molecular formula is C15H23N3O4S. The fraction of sp³-hybridized carbons (Fsp3) is 0.533. The van der Waals surface area contributed by atoms with E-state index >= 15 is 0 Å². The summed E-state index contributed by atoms with van der Waals surface area (Å²) in [5.41, 5.74) is 6.71. The van der Waals surface area contributed by atoms with Crippen LogP contribution < -0.4 is 15.8 Å². The molecule has 1 aromatic carbocycles. The smallest absolute Gasteiger partial charge is 0.240 e. The first-order valence-corrected chi connectivity index (χ1v) is 9.06. The van der Waals surface area contributed by atoms with Gasteiger partial charge in [-0.1, -0.05) is 12.1 Å². The molecule has 128 valence electrons. The van der Waals surface area contributed by atoms with Crippen LogP contribution in [0.15, 0.2) is 29.2 Å². The first kappa shape index (κ1) is 17.9. The molecule has 2 rings (SSSR count). The van der Waals surface area contributed by atoms with Gasteiger partial charge < -0.3 is 15.8 Å². The first-order chi connectivity index (χ1) is 10.9. The fourth-order valence-corrected chi connectivity index (χ4v) is 3.34. The normalized spacial score (nSPS) is 17.7. The van der Waals surface area contributed by atoms with Crippen molar-refractivity contribution < 1.29 is 17.9 Å². The Morgan fingerprint density at radius 2 is 2.09 bits per heavy atom. The molecule has 0 aliphatic carbocycles. The fourth-order valence-electron chi connectivity index (χ4n) is 2.54. The van der Waals surface area contributed by atoms with Gasteiger partial charge in [0.25, 0.3) is 0 Å². The van der Waals surface area contributed by atoms with E-state index in [-0.39, 0.29) is 23.3 Å². The van der Waals surface area contributed by atoms with Crippen LogP contribution in [0.1, 0.15) is 18.4 Å². The van der Waals surface area contributed by atoms with Gasteiger partial charge in [-0.05, 0) is 43.5 Å². The third kappa shape index (κ3) is 4.74. The number of carbonyl (C=O) groups excluding carboxylic acids is 1. The van der Waals surface area contributed by atoms with Crippen LogP contribution in [-0.2, 0) is 26.1 Å². The van der Waals surface area contributed by atoms with Crippen molar-refractivity contribution in [2.45, 2.75) is 30.3 Å². The Morgan fingerprint density at radius 3 is 2.74 bits per heavy atom. The monoisotopic (exact) mass is 341 g/mol. The molecule has 23 heavy (non-hydrogen) atoms. The van der Waals surface area contributed by atoms with Crippen molar-refractivity contribution in [3.8, 4) is 0 Å². The molecule has 0 bridgehead atoms. The van der Waals surface area contributed by atoms with E-state index in [0.29, 0.717) is 18.8 Å². The van der Waals surface area contributed by atoms with Crippen molar-refractivity contribution in [2.24, 2.45) is 11.7 Å². The second-order valence-electron chi connectivity index (χ2n) is 5.55. The SMILES string of the molecule is CNS(=O)(=O)c1cccc(CNC(=O)C(N)C2CCOCC2)c1. The highest BCUT2D eigenvalue weighted by Crippen LogP contribution is 2.18. The number of nitrogens with one attached hydrogen (secondary N) is 2. The number of benzene rings is 1. The Labute approximate surface area is 136 Å². The number of amides is 1. The van der Waals surface area contributed by atoms with Crippen LogP contribution >= 0.6 is 0 Å². The zero-order valence-electron chi connectivity index (χ0n) is 13.1. The molecule has 1 aliphatic rings. The van der Waals surface area contributed by atoms with E-state index in [1.165, 1.54) is 19.2 Å². The summed E-state index contributed by atoms with van der Waals surface area (Å²) in [6, 6.07) is 5.87. The minimum absolute atomic E-state index is 0.125. The summed E-state index contributed by atoms with van der Waals surface area (Å²) in [7, 11) is -2.14. The highest BCUT2D eigenvalue weighted by molar-refractivity contribution is 7.89. The number of ether oxygens (including phenoxy) is 1. The molecular weight excluding hydrogens is 318 g/mol. The van der Waals surface area contributed by atoms with E-state index in [9.17, 15) is 13.2 Å². The summed E-state index contributed by atoms with van der Waals surface area (Å²) in [5, 5.41) is 2.77. The van der Waals surface area contributed by atoms with Crippen molar-refractivity contribution in [3.05, 3.63) is 29.8 Å². The van der Waals surface area contributed by atoms with E-state index in [4.69, 9.17) is 10.5 Å². The minimum Gasteiger partial charge on any atom is -0.381 e. The summed E-state index contributed by atoms with van der Waals surface area (Å²) in [4.78, 5) is 12.3. The molecule has 1 unspecified atom stereocenters. The molecule has 7 nitrogen and oxygen atoms in total. The lowest BCUT2D eigenvalue weighted by molar-refractivity contribution is -0.124. The topological polar surface area (TPSA) is 111 Å². The van der Waals surface area contributed by atoms with Gasteiger partial charge in [-0.15, -0.1) is 0 Å². The van der Waals surface area contributed by atoms with Gasteiger partial charge in [0.1, 0.15) is 0 Å². The summed E-state index contributed by atoms with van der Waals surface area (Å²) in [5.74, 6) is -0.0986. The van der Waals surface area contributed by atoms with Crippen molar-refractivity contribution in [1.82, 2.24) is 10.0 Å². The van der Waals surface area contributed by atoms with Crippen LogP contribution in [0.5, 0.6) is 0 Å². The molecule has 0 saturated carbocycles. The molecule has 1 fully saturated rings. The average molecular weight is 341 g/mol. The number of hydrogen-bond donors (Lipinski definition) is 3. The Hall–Kier alpha value is -1.48. The first-order valence-electron chi connectivity index (χ1n) is 7.57. The van der Waals surface area contributed by atoms with E-state index in [1.807, 2.05) is 0 Å². The van der Waals surface area contributed by atoms with Crippen molar-refractivity contribution in [2.75, 3.05) is 20.3 Å². The standard InChI is InChI=1S/C15H23N3O4S/c1-17-23(20,21)13-4-2-3-11(9-13)10-18-15(19)14(16)12-5-7-22-8-6-12/h2-4,9,12,14,17H,5-8,10,16H2,1H3,(H,18,19). The molecule has 1 aliphatic heterocycles. The van der Waals surface area contributed by atoms with Crippen molar-refractivity contribution >= 4 is 15.9 Å². The quantitative estimate of drug-likeness (QED) is 0.673. The number of nitrogens with two attached hydrogens (primary N) is 1. The summed E-state index contributed by atoms with van der Waals surface area (Å²) in [6.07, 6.45) is 1.56. The van der Waals surface area contributed by atoms with Gasteiger partial charge in [0.05, 0.1) is 10.9 Å². The molecule has 1 aromatic rings. The number of rotatable bonds is 6. The highest BCUT2D eigenvalue weighted by atomic mass is 32.2. The van der Waals surface area contributed by atoms with E-state index in [1.54, 1.807) is 12.1 Å². The molecule has 1 atom stereocenters. The second kappa shape index (κ2) is 7.87. The maximum atomic E-state index is 12.1. The molecule has 4 N–H and O–H groups in total. The van der Waals surface area contributed by atoms with E-state index < -0.39 is 16.1 Å². The third-order valence-corrected chi connectivity index (χ3v) is 5.43. The lowest BCUT2D eigenvalue weighted by Gasteiger charge is -2.26. The average Bonchev–Trinajstić information content (AvgIpc) is 2.60. The van der Waals surface area contributed by atoms with Crippen molar-refractivity contribution in [1.29, 1.82) is 0 Å². The summed E-state index contributed by atoms with van der Waals surface area (Å²) >= 11 is 0. The van der Waals surface area contributed by atoms with Crippen LogP contribution in [0.2, 0.25) is 0 Å². The molecule has 1 amide bonds. The Balaban J connectivity index is 1.95. The predicted octanol–water partition coefficient (Wildman–Crippen LogP) is -0.0352. The molecule has 0 aromatic heterocycles. The number of hydrogen-bond acceptors (Lipinski definition) is 5. The van der Waals surface area contributed by atoms with Crippen molar-refractivity contribution in [3.63, 3.8) is 0 Å². The van der Waals surface area contributed by atoms with E-state index in [2.05, 4.69) is 10.0 Å². The Bertz CT molecular complexity index is 642. The third-order valence-electron chi connectivity index (χ3n) is 4.02. The zero-order chi connectivity index (χ0) is 16.9. The van der Waals surface area contributed by atoms with E-state index in [0.717, 1.165) is 12.8 Å². The lowest BCUT2D eigenvalue weighted by atomic mass is 9.92. The van der Waals surface area contributed by atoms with Crippen LogP contribution in [-0.4, -0.2) is 40.6 Å². The minimum atomic E-state index is -3.49. The van der Waals surface area contributed by atoms with Gasteiger partial charge in [-0.2, -0.15) is 0 Å². The van der Waals surface area contributed by atoms with Gasteiger partial charge in [0, 0.05) is 19.8 Å². The second-order valence-corrected chi connectivity index (χ2v) is 7.43. The Morgan fingerprint density at radius 1 is 1.39 bits per heavy atom. The molecule has 1 saturated heterocycles. The van der Waals surface area contributed by atoms with Crippen LogP contribution in [0.4, 0.5) is 0 Å². The number of sulfonamides is 1. The number of carbonyl (C=O) groups is 1. The van der Waals surface area contributed by atoms with Crippen LogP contribution in [0, 0.1) is 5.92 Å². The largest absolute Gasteiger partial charge is 0.381 e. The van der Waals surface area contributed by atoms with Gasteiger partial charge in [-0.25, -0.2) is 13.1 Å². The lowest BCUT2D eigenvalue weighted by Crippen LogP contribution is -2.46. The van der Waals surface area contributed by atoms with Gasteiger partial charge in [-0.3, -0.25) is 4.79 Å². The summed E-state index contributed by atoms with van der Waals surface area (Å²) < 4.78 is 31.1. The Kier molecular flexibility index (Phi) is 6.11. The van der Waals surface area contributed by atoms with Crippen LogP contribution in [0.3, 0.4) is 0 Å². The molecule has 1 heterocycles. The maximum absolute atomic E-state index is 12.1. The van der Waals surface area contributed by atoms with Crippen LogP contribution in [0.25, 0.3) is 0 Å². The van der Waals surface area contributed by atoms with Gasteiger partial charge >= 0.3 is 0 Å². The predicted molar refractivity (Wildman–Crippen MR) is 86.1 cm³/mol. The summed E-state index contributed by atoms with van der Waals surface area (Å²) in [6.45, 7) is 1.51. The molecule has 0 spiro atoms. The molecule has 8 heteroatoms.